The molecule has 0 aliphatic carbocycles. The van der Waals surface area contributed by atoms with Crippen molar-refractivity contribution < 1.29 is 19.1 Å². The molecule has 1 aromatic heterocycles. The van der Waals surface area contributed by atoms with Crippen LogP contribution in [0.1, 0.15) is 21.7 Å². The average molecular weight is 486 g/mol. The van der Waals surface area contributed by atoms with Crippen molar-refractivity contribution in [3.05, 3.63) is 70.0 Å². The molecule has 10 heteroatoms. The van der Waals surface area contributed by atoms with E-state index in [9.17, 15) is 14.4 Å². The van der Waals surface area contributed by atoms with Crippen LogP contribution in [0.5, 0.6) is 0 Å². The molecule has 3 aromatic rings. The molecule has 2 N–H and O–H groups in total. The summed E-state index contributed by atoms with van der Waals surface area (Å²) in [5.74, 6) is -1.21. The number of nitrogens with zero attached hydrogens (tertiary/aromatic N) is 3. The van der Waals surface area contributed by atoms with Gasteiger partial charge in [-0.15, -0.1) is 5.10 Å². The Bertz CT molecular complexity index is 1110. The number of aromatic nitrogens is 3. The number of benzene rings is 2. The monoisotopic (exact) mass is 485 g/mol. The summed E-state index contributed by atoms with van der Waals surface area (Å²) in [6.07, 6.45) is 0.102. The number of hydrogen-bond acceptors (Lipinski definition) is 6. The molecule has 0 bridgehead atoms. The number of esters is 1. The molecular formula is C21H20BrN5O4. The molecule has 160 valence electrons. The van der Waals surface area contributed by atoms with Gasteiger partial charge in [-0.05, 0) is 42.8 Å². The molecule has 0 saturated carbocycles. The highest BCUT2D eigenvalue weighted by Crippen LogP contribution is 2.18. The number of anilines is 1. The topological polar surface area (TPSA) is 115 Å². The largest absolute Gasteiger partial charge is 0.468 e. The third-order valence-electron chi connectivity index (χ3n) is 4.40. The normalized spacial score (nSPS) is 10.4. The van der Waals surface area contributed by atoms with Gasteiger partial charge >= 0.3 is 5.97 Å². The van der Waals surface area contributed by atoms with Gasteiger partial charge < -0.3 is 15.4 Å². The first-order valence-electron chi connectivity index (χ1n) is 9.29. The minimum Gasteiger partial charge on any atom is -0.468 e. The molecule has 2 amide bonds. The molecule has 0 aliphatic rings. The lowest BCUT2D eigenvalue weighted by Crippen LogP contribution is -2.31. The van der Waals surface area contributed by atoms with Gasteiger partial charge in [0.15, 0.2) is 5.69 Å². The van der Waals surface area contributed by atoms with Gasteiger partial charge in [0.05, 0.1) is 24.9 Å². The lowest BCUT2D eigenvalue weighted by Gasteiger charge is -2.07. The van der Waals surface area contributed by atoms with Gasteiger partial charge in [0.2, 0.25) is 5.91 Å². The second-order valence-electron chi connectivity index (χ2n) is 6.60. The Morgan fingerprint density at radius 1 is 1.13 bits per heavy atom. The summed E-state index contributed by atoms with van der Waals surface area (Å²) in [5, 5.41) is 13.3. The Kier molecular flexibility index (Phi) is 7.14. The second kappa shape index (κ2) is 9.98. The smallest absolute Gasteiger partial charge is 0.325 e. The number of halogens is 1. The van der Waals surface area contributed by atoms with E-state index in [0.717, 1.165) is 15.7 Å². The summed E-state index contributed by atoms with van der Waals surface area (Å²) in [6, 6.07) is 14.3. The number of carbonyl (C=O) groups is 3. The molecule has 9 nitrogen and oxygen atoms in total. The summed E-state index contributed by atoms with van der Waals surface area (Å²) in [7, 11) is 1.25. The van der Waals surface area contributed by atoms with Gasteiger partial charge in [0, 0.05) is 10.2 Å². The maximum absolute atomic E-state index is 12.6. The zero-order valence-electron chi connectivity index (χ0n) is 16.9. The highest BCUT2D eigenvalue weighted by Gasteiger charge is 2.18. The Morgan fingerprint density at radius 2 is 1.87 bits per heavy atom. The molecule has 31 heavy (non-hydrogen) atoms. The van der Waals surface area contributed by atoms with E-state index in [2.05, 4.69) is 41.6 Å². The molecule has 0 unspecified atom stereocenters. The summed E-state index contributed by atoms with van der Waals surface area (Å²) in [4.78, 5) is 35.6. The standard InChI is InChI=1S/C21H20BrN5O4/c1-13-20(25-26-27(13)17-5-3-4-15(22)11-17)21(30)24-16-8-6-14(7-9-16)10-18(28)23-12-19(29)31-2/h3-9,11H,10,12H2,1-2H3,(H,23,28)(H,24,30). The first kappa shape index (κ1) is 22.2. The average Bonchev–Trinajstić information content (AvgIpc) is 3.15. The van der Waals surface area contributed by atoms with Crippen LogP contribution in [0.15, 0.2) is 53.0 Å². The molecule has 1 heterocycles. The molecule has 2 aromatic carbocycles. The maximum Gasteiger partial charge on any atom is 0.325 e. The second-order valence-corrected chi connectivity index (χ2v) is 7.51. The van der Waals surface area contributed by atoms with Gasteiger partial charge in [0.1, 0.15) is 6.54 Å². The predicted octanol–water partition coefficient (Wildman–Crippen LogP) is 2.42. The first-order chi connectivity index (χ1) is 14.9. The number of carbonyl (C=O) groups excluding carboxylic acids is 3. The molecule has 3 rings (SSSR count). The molecule has 0 radical (unpaired) electrons. The van der Waals surface area contributed by atoms with E-state index in [4.69, 9.17) is 0 Å². The number of rotatable bonds is 7. The Labute approximate surface area is 186 Å². The minimum absolute atomic E-state index is 0.102. The SMILES string of the molecule is COC(=O)CNC(=O)Cc1ccc(NC(=O)c2nnn(-c3cccc(Br)c3)c2C)cc1. The van der Waals surface area contributed by atoms with Crippen LogP contribution in [0.2, 0.25) is 0 Å². The van der Waals surface area contributed by atoms with E-state index in [0.29, 0.717) is 11.4 Å². The Hall–Kier alpha value is -3.53. The fourth-order valence-electron chi connectivity index (χ4n) is 2.78. The zero-order valence-corrected chi connectivity index (χ0v) is 18.5. The van der Waals surface area contributed by atoms with Crippen LogP contribution >= 0.6 is 15.9 Å². The third-order valence-corrected chi connectivity index (χ3v) is 4.89. The van der Waals surface area contributed by atoms with Crippen molar-refractivity contribution in [1.82, 2.24) is 20.3 Å². The molecular weight excluding hydrogens is 466 g/mol. The van der Waals surface area contributed by atoms with E-state index < -0.39 is 5.97 Å². The highest BCUT2D eigenvalue weighted by molar-refractivity contribution is 9.10. The number of ether oxygens (including phenoxy) is 1. The number of amides is 2. The maximum atomic E-state index is 12.6. The van der Waals surface area contributed by atoms with Crippen molar-refractivity contribution in [1.29, 1.82) is 0 Å². The summed E-state index contributed by atoms with van der Waals surface area (Å²) < 4.78 is 6.96. The zero-order chi connectivity index (χ0) is 22.4. The van der Waals surface area contributed by atoms with Crippen LogP contribution in [0.3, 0.4) is 0 Å². The van der Waals surface area contributed by atoms with Crippen molar-refractivity contribution in [2.45, 2.75) is 13.3 Å². The Morgan fingerprint density at radius 3 is 2.55 bits per heavy atom. The Balaban J connectivity index is 1.62. The van der Waals surface area contributed by atoms with Crippen molar-refractivity contribution >= 4 is 39.4 Å². The van der Waals surface area contributed by atoms with Gasteiger partial charge in [-0.25, -0.2) is 4.68 Å². The van der Waals surface area contributed by atoms with Crippen molar-refractivity contribution in [2.75, 3.05) is 19.0 Å². The molecule has 0 atom stereocenters. The van der Waals surface area contributed by atoms with Crippen LogP contribution in [0.4, 0.5) is 5.69 Å². The van der Waals surface area contributed by atoms with E-state index in [-0.39, 0.29) is 30.5 Å². The van der Waals surface area contributed by atoms with Crippen molar-refractivity contribution in [3.63, 3.8) is 0 Å². The lowest BCUT2D eigenvalue weighted by molar-refractivity contribution is -0.141. The predicted molar refractivity (Wildman–Crippen MR) is 117 cm³/mol. The van der Waals surface area contributed by atoms with Gasteiger partial charge in [-0.2, -0.15) is 0 Å². The number of nitrogens with one attached hydrogen (secondary N) is 2. The van der Waals surface area contributed by atoms with Gasteiger partial charge in [-0.1, -0.05) is 39.3 Å². The van der Waals surface area contributed by atoms with E-state index in [1.54, 1.807) is 35.9 Å². The van der Waals surface area contributed by atoms with Crippen LogP contribution in [0, 0.1) is 6.92 Å². The van der Waals surface area contributed by atoms with Crippen LogP contribution in [-0.4, -0.2) is 46.4 Å². The molecule has 0 aliphatic heterocycles. The summed E-state index contributed by atoms with van der Waals surface area (Å²) in [5.41, 5.74) is 2.89. The van der Waals surface area contributed by atoms with Gasteiger partial charge in [-0.3, -0.25) is 14.4 Å². The summed E-state index contributed by atoms with van der Waals surface area (Å²) >= 11 is 3.42. The van der Waals surface area contributed by atoms with E-state index >= 15 is 0 Å². The number of hydrogen-bond donors (Lipinski definition) is 2. The van der Waals surface area contributed by atoms with Gasteiger partial charge in [0.25, 0.3) is 5.91 Å². The minimum atomic E-state index is -0.515. The lowest BCUT2D eigenvalue weighted by atomic mass is 10.1. The van der Waals surface area contributed by atoms with Crippen molar-refractivity contribution in [3.8, 4) is 5.69 Å². The molecule has 0 spiro atoms. The third kappa shape index (κ3) is 5.76. The fourth-order valence-corrected chi connectivity index (χ4v) is 3.17. The summed E-state index contributed by atoms with van der Waals surface area (Å²) in [6.45, 7) is 1.59. The van der Waals surface area contributed by atoms with Crippen molar-refractivity contribution in [2.24, 2.45) is 0 Å². The first-order valence-corrected chi connectivity index (χ1v) is 10.1. The molecule has 0 saturated heterocycles. The fraction of sp³-hybridized carbons (Fsp3) is 0.190. The van der Waals surface area contributed by atoms with E-state index in [1.807, 2.05) is 24.3 Å². The molecule has 0 fully saturated rings. The van der Waals surface area contributed by atoms with Crippen LogP contribution < -0.4 is 10.6 Å². The van der Waals surface area contributed by atoms with Crippen LogP contribution in [0.25, 0.3) is 5.69 Å². The van der Waals surface area contributed by atoms with E-state index in [1.165, 1.54) is 7.11 Å². The van der Waals surface area contributed by atoms with Crippen LogP contribution in [-0.2, 0) is 20.7 Å². The highest BCUT2D eigenvalue weighted by atomic mass is 79.9. The number of methoxy groups -OCH3 is 1. The quantitative estimate of drug-likeness (QED) is 0.496.